The summed E-state index contributed by atoms with van der Waals surface area (Å²) in [5.41, 5.74) is 3.84. The van der Waals surface area contributed by atoms with Crippen LogP contribution in [-0.2, 0) is 6.54 Å². The highest BCUT2D eigenvalue weighted by atomic mass is 16.2. The van der Waals surface area contributed by atoms with Crippen LogP contribution < -0.4 is 16.0 Å². The van der Waals surface area contributed by atoms with Gasteiger partial charge >= 0.3 is 6.03 Å². The number of nitrogens with one attached hydrogen (secondary N) is 3. The molecule has 3 amide bonds. The van der Waals surface area contributed by atoms with Gasteiger partial charge in [0.15, 0.2) is 0 Å². The van der Waals surface area contributed by atoms with Gasteiger partial charge in [0.25, 0.3) is 5.91 Å². The van der Waals surface area contributed by atoms with Crippen LogP contribution in [-0.4, -0.2) is 24.0 Å². The molecule has 0 aliphatic heterocycles. The minimum absolute atomic E-state index is 0.0456. The Morgan fingerprint density at radius 2 is 1.25 bits per heavy atom. The maximum Gasteiger partial charge on any atom is 0.315 e. The Labute approximate surface area is 190 Å². The van der Waals surface area contributed by atoms with Gasteiger partial charge in [-0.1, -0.05) is 72.8 Å². The molecule has 0 saturated carbocycles. The van der Waals surface area contributed by atoms with Crippen LogP contribution in [0.15, 0.2) is 84.9 Å². The van der Waals surface area contributed by atoms with Crippen molar-refractivity contribution in [2.75, 3.05) is 0 Å². The van der Waals surface area contributed by atoms with E-state index in [1.54, 1.807) is 12.1 Å². The predicted octanol–water partition coefficient (Wildman–Crippen LogP) is 4.84. The molecule has 0 bridgehead atoms. The van der Waals surface area contributed by atoms with Gasteiger partial charge in [-0.05, 0) is 49.6 Å². The Morgan fingerprint density at radius 1 is 0.719 bits per heavy atom. The van der Waals surface area contributed by atoms with Crippen molar-refractivity contribution in [3.8, 4) is 0 Å². The number of urea groups is 1. The first-order valence-corrected chi connectivity index (χ1v) is 11.0. The van der Waals surface area contributed by atoms with Crippen molar-refractivity contribution in [3.63, 3.8) is 0 Å². The third-order valence-electron chi connectivity index (χ3n) is 5.27. The van der Waals surface area contributed by atoms with Crippen LogP contribution in [0.4, 0.5) is 4.79 Å². The Hall–Kier alpha value is -3.60. The van der Waals surface area contributed by atoms with Crippen molar-refractivity contribution in [2.24, 2.45) is 0 Å². The fraction of sp³-hybridized carbons (Fsp3) is 0.259. The van der Waals surface area contributed by atoms with E-state index in [-0.39, 0.29) is 29.9 Å². The molecule has 1 atom stereocenters. The molecular weight excluding hydrogens is 398 g/mol. The van der Waals surface area contributed by atoms with Crippen molar-refractivity contribution < 1.29 is 9.59 Å². The second kappa shape index (κ2) is 11.1. The minimum Gasteiger partial charge on any atom is -0.349 e. The summed E-state index contributed by atoms with van der Waals surface area (Å²) in [5.74, 6) is -0.0734. The molecule has 166 valence electrons. The summed E-state index contributed by atoms with van der Waals surface area (Å²) < 4.78 is 0. The van der Waals surface area contributed by atoms with Gasteiger partial charge in [0.05, 0.1) is 0 Å². The zero-order valence-corrected chi connectivity index (χ0v) is 18.8. The highest BCUT2D eigenvalue weighted by molar-refractivity contribution is 5.94. The smallest absolute Gasteiger partial charge is 0.315 e. The molecule has 3 N–H and O–H groups in total. The molecule has 0 spiro atoms. The number of carbonyl (C=O) groups excluding carboxylic acids is 2. The van der Waals surface area contributed by atoms with Gasteiger partial charge in [-0.15, -0.1) is 0 Å². The van der Waals surface area contributed by atoms with E-state index < -0.39 is 0 Å². The number of benzene rings is 3. The lowest BCUT2D eigenvalue weighted by atomic mass is 9.85. The Bertz CT molecular complexity index is 963. The zero-order valence-electron chi connectivity index (χ0n) is 18.8. The summed E-state index contributed by atoms with van der Waals surface area (Å²) in [4.78, 5) is 24.7. The summed E-state index contributed by atoms with van der Waals surface area (Å²) in [6.07, 6.45) is 0. The lowest BCUT2D eigenvalue weighted by Crippen LogP contribution is -2.39. The predicted molar refractivity (Wildman–Crippen MR) is 129 cm³/mol. The lowest BCUT2D eigenvalue weighted by molar-refractivity contribution is 0.0937. The van der Waals surface area contributed by atoms with Crippen LogP contribution >= 0.6 is 0 Å². The van der Waals surface area contributed by atoms with Gasteiger partial charge in [0.1, 0.15) is 0 Å². The second-order valence-corrected chi connectivity index (χ2v) is 8.24. The molecule has 0 aliphatic rings. The molecule has 0 aromatic heterocycles. The molecular formula is C27H31N3O2. The van der Waals surface area contributed by atoms with E-state index in [0.717, 1.165) is 16.7 Å². The van der Waals surface area contributed by atoms with E-state index in [0.29, 0.717) is 12.1 Å². The fourth-order valence-electron chi connectivity index (χ4n) is 3.73. The maximum absolute atomic E-state index is 12.9. The first-order valence-electron chi connectivity index (χ1n) is 11.0. The molecule has 0 radical (unpaired) electrons. The van der Waals surface area contributed by atoms with Gasteiger partial charge in [-0.25, -0.2) is 4.79 Å². The molecule has 32 heavy (non-hydrogen) atoms. The largest absolute Gasteiger partial charge is 0.349 e. The van der Waals surface area contributed by atoms with Gasteiger partial charge in [-0.3, -0.25) is 4.79 Å². The van der Waals surface area contributed by atoms with Gasteiger partial charge in [0.2, 0.25) is 0 Å². The molecule has 0 heterocycles. The summed E-state index contributed by atoms with van der Waals surface area (Å²) in [6.45, 7) is 6.26. The average molecular weight is 430 g/mol. The number of carbonyl (C=O) groups is 2. The second-order valence-electron chi connectivity index (χ2n) is 8.24. The molecule has 0 saturated heterocycles. The summed E-state index contributed by atoms with van der Waals surface area (Å²) in [6, 6.07) is 27.5. The van der Waals surface area contributed by atoms with Crippen LogP contribution in [0.5, 0.6) is 0 Å². The molecule has 3 aromatic carbocycles. The van der Waals surface area contributed by atoms with Crippen LogP contribution in [0.1, 0.15) is 53.7 Å². The first kappa shape index (κ1) is 23.1. The monoisotopic (exact) mass is 429 g/mol. The van der Waals surface area contributed by atoms with Gasteiger partial charge in [-0.2, -0.15) is 0 Å². The third kappa shape index (κ3) is 6.45. The molecule has 1 unspecified atom stereocenters. The molecule has 3 rings (SSSR count). The van der Waals surface area contributed by atoms with Gasteiger partial charge < -0.3 is 16.0 Å². The van der Waals surface area contributed by atoms with E-state index >= 15 is 0 Å². The Morgan fingerprint density at radius 3 is 1.75 bits per heavy atom. The first-order chi connectivity index (χ1) is 15.4. The van der Waals surface area contributed by atoms with E-state index in [2.05, 4.69) is 40.2 Å². The highest BCUT2D eigenvalue weighted by Gasteiger charge is 2.23. The molecule has 0 fully saturated rings. The van der Waals surface area contributed by atoms with Crippen molar-refractivity contribution >= 4 is 11.9 Å². The fourth-order valence-corrected chi connectivity index (χ4v) is 3.73. The maximum atomic E-state index is 12.9. The molecule has 3 aromatic rings. The topological polar surface area (TPSA) is 70.2 Å². The van der Waals surface area contributed by atoms with E-state index in [9.17, 15) is 9.59 Å². The number of hydrogen-bond acceptors (Lipinski definition) is 2. The minimum atomic E-state index is -0.205. The highest BCUT2D eigenvalue weighted by Crippen LogP contribution is 2.28. The van der Waals surface area contributed by atoms with Crippen LogP contribution in [0, 0.1) is 0 Å². The van der Waals surface area contributed by atoms with Crippen molar-refractivity contribution in [1.82, 2.24) is 16.0 Å². The van der Waals surface area contributed by atoms with Crippen molar-refractivity contribution in [2.45, 2.75) is 45.3 Å². The summed E-state index contributed by atoms with van der Waals surface area (Å²) >= 11 is 0. The Balaban J connectivity index is 1.66. The van der Waals surface area contributed by atoms with Crippen LogP contribution in [0.3, 0.4) is 0 Å². The van der Waals surface area contributed by atoms with Crippen molar-refractivity contribution in [1.29, 1.82) is 0 Å². The van der Waals surface area contributed by atoms with E-state index in [1.807, 2.05) is 69.3 Å². The third-order valence-corrected chi connectivity index (χ3v) is 5.27. The molecule has 5 heteroatoms. The number of amides is 3. The lowest BCUT2D eigenvalue weighted by Gasteiger charge is -2.26. The zero-order chi connectivity index (χ0) is 22.9. The SMILES string of the molecule is CC(C)NC(=O)NCc1ccc(C(=O)NC(C)C(c2ccccc2)c2ccccc2)cc1. The van der Waals surface area contributed by atoms with Crippen LogP contribution in [0.25, 0.3) is 0 Å². The number of hydrogen-bond donors (Lipinski definition) is 3. The van der Waals surface area contributed by atoms with Crippen molar-refractivity contribution in [3.05, 3.63) is 107 Å². The molecule has 5 nitrogen and oxygen atoms in total. The normalized spacial score (nSPS) is 11.8. The quantitative estimate of drug-likeness (QED) is 0.479. The summed E-state index contributed by atoms with van der Waals surface area (Å²) in [5, 5.41) is 8.77. The van der Waals surface area contributed by atoms with E-state index in [1.165, 1.54) is 0 Å². The van der Waals surface area contributed by atoms with Gasteiger partial charge in [0, 0.05) is 30.1 Å². The average Bonchev–Trinajstić information content (AvgIpc) is 2.79. The van der Waals surface area contributed by atoms with E-state index in [4.69, 9.17) is 0 Å². The number of rotatable bonds is 8. The Kier molecular flexibility index (Phi) is 8.03. The molecule has 0 aliphatic carbocycles. The summed E-state index contributed by atoms with van der Waals surface area (Å²) in [7, 11) is 0. The standard InChI is InChI=1S/C27H31N3O2/c1-19(2)29-27(32)28-18-21-14-16-24(17-15-21)26(31)30-20(3)25(22-10-6-4-7-11-22)23-12-8-5-9-13-23/h4-17,19-20,25H,18H2,1-3H3,(H,30,31)(H2,28,29,32). The van der Waals surface area contributed by atoms with Crippen LogP contribution in [0.2, 0.25) is 0 Å².